The van der Waals surface area contributed by atoms with E-state index in [2.05, 4.69) is 30.4 Å². The molecular formula is C10H12N2O. The highest BCUT2D eigenvalue weighted by atomic mass is 16.2. The van der Waals surface area contributed by atoms with Crippen LogP contribution in [0.3, 0.4) is 0 Å². The average molecular weight is 176 g/mol. The van der Waals surface area contributed by atoms with Crippen LogP contribution in [0.4, 0.5) is 0 Å². The molecule has 0 aliphatic rings. The van der Waals surface area contributed by atoms with Crippen LogP contribution in [0.1, 0.15) is 0 Å². The maximum absolute atomic E-state index is 11.1. The summed E-state index contributed by atoms with van der Waals surface area (Å²) in [5.41, 5.74) is 2.62. The number of carbonyl (C=O) groups is 1. The Morgan fingerprint density at radius 2 is 2.00 bits per heavy atom. The molecule has 0 aliphatic carbocycles. The van der Waals surface area contributed by atoms with Crippen LogP contribution in [0.25, 0.3) is 0 Å². The standard InChI is InChI=1S/C10H12N2O/c1-4-6-7-8-9(5-2)10(13)12-11-3/h4-8H,1-3H2,(H,12,13)/b7-6-,9-8+. The van der Waals surface area contributed by atoms with E-state index < -0.39 is 0 Å². The minimum absolute atomic E-state index is 0.335. The Kier molecular flexibility index (Phi) is 5.80. The van der Waals surface area contributed by atoms with Crippen molar-refractivity contribution in [1.82, 2.24) is 5.43 Å². The summed E-state index contributed by atoms with van der Waals surface area (Å²) in [6.45, 7) is 10.1. The molecule has 0 heterocycles. The normalized spacial score (nSPS) is 10.9. The molecule has 0 aliphatic heterocycles. The Bertz CT molecular complexity index is 275. The number of nitrogens with one attached hydrogen (secondary N) is 1. The molecule has 0 atom stereocenters. The summed E-state index contributed by atoms with van der Waals surface area (Å²) in [4.78, 5) is 11.1. The van der Waals surface area contributed by atoms with E-state index in [1.807, 2.05) is 0 Å². The highest BCUT2D eigenvalue weighted by Crippen LogP contribution is 1.96. The molecule has 0 aromatic heterocycles. The van der Waals surface area contributed by atoms with Gasteiger partial charge in [-0.2, -0.15) is 5.10 Å². The van der Waals surface area contributed by atoms with Gasteiger partial charge in [-0.15, -0.1) is 0 Å². The van der Waals surface area contributed by atoms with Crippen molar-refractivity contribution in [2.24, 2.45) is 5.10 Å². The van der Waals surface area contributed by atoms with Crippen molar-refractivity contribution in [3.8, 4) is 0 Å². The van der Waals surface area contributed by atoms with E-state index in [4.69, 9.17) is 0 Å². The molecule has 0 fully saturated rings. The summed E-state index contributed by atoms with van der Waals surface area (Å²) >= 11 is 0. The fourth-order valence-electron chi connectivity index (χ4n) is 0.611. The fourth-order valence-corrected chi connectivity index (χ4v) is 0.611. The van der Waals surface area contributed by atoms with Gasteiger partial charge in [0.05, 0.1) is 0 Å². The topological polar surface area (TPSA) is 41.5 Å². The van der Waals surface area contributed by atoms with Crippen molar-refractivity contribution in [3.63, 3.8) is 0 Å². The van der Waals surface area contributed by atoms with Gasteiger partial charge in [-0.05, 0) is 6.08 Å². The van der Waals surface area contributed by atoms with E-state index >= 15 is 0 Å². The lowest BCUT2D eigenvalue weighted by molar-refractivity contribution is -0.117. The molecule has 0 radical (unpaired) electrons. The van der Waals surface area contributed by atoms with E-state index in [9.17, 15) is 4.79 Å². The Hall–Kier alpha value is -1.90. The van der Waals surface area contributed by atoms with E-state index in [0.29, 0.717) is 5.57 Å². The Morgan fingerprint density at radius 1 is 1.31 bits per heavy atom. The SMILES string of the molecule is C=C/C=C\C=C(/C=C)C(=O)NN=C. The predicted molar refractivity (Wildman–Crippen MR) is 55.3 cm³/mol. The molecule has 0 unspecified atom stereocenters. The summed E-state index contributed by atoms with van der Waals surface area (Å²) in [5, 5.41) is 3.25. The van der Waals surface area contributed by atoms with E-state index in [-0.39, 0.29) is 5.91 Å². The van der Waals surface area contributed by atoms with Crippen LogP contribution >= 0.6 is 0 Å². The molecule has 13 heavy (non-hydrogen) atoms. The van der Waals surface area contributed by atoms with Gasteiger partial charge in [0.2, 0.25) is 0 Å². The summed E-state index contributed by atoms with van der Waals surface area (Å²) in [6, 6.07) is 0. The van der Waals surface area contributed by atoms with Gasteiger partial charge < -0.3 is 0 Å². The van der Waals surface area contributed by atoms with Crippen molar-refractivity contribution in [3.05, 3.63) is 49.1 Å². The summed E-state index contributed by atoms with van der Waals surface area (Å²) in [7, 11) is 0. The van der Waals surface area contributed by atoms with Gasteiger partial charge in [-0.25, -0.2) is 5.43 Å². The quantitative estimate of drug-likeness (QED) is 0.294. The van der Waals surface area contributed by atoms with E-state index in [0.717, 1.165) is 0 Å². The molecule has 3 heteroatoms. The number of nitrogens with zero attached hydrogens (tertiary/aromatic N) is 1. The number of hydrogen-bond acceptors (Lipinski definition) is 2. The Labute approximate surface area is 77.8 Å². The number of carbonyl (C=O) groups excluding carboxylic acids is 1. The average Bonchev–Trinajstić information content (AvgIpc) is 2.13. The van der Waals surface area contributed by atoms with E-state index in [1.54, 1.807) is 24.3 Å². The van der Waals surface area contributed by atoms with Gasteiger partial charge in [-0.1, -0.05) is 37.5 Å². The minimum atomic E-state index is -0.335. The van der Waals surface area contributed by atoms with Gasteiger partial charge in [0.15, 0.2) is 0 Å². The van der Waals surface area contributed by atoms with Crippen LogP contribution in [0, 0.1) is 0 Å². The number of hydrogen-bond donors (Lipinski definition) is 1. The zero-order valence-corrected chi connectivity index (χ0v) is 7.36. The Balaban J connectivity index is 4.48. The maximum atomic E-state index is 11.1. The molecule has 3 nitrogen and oxygen atoms in total. The van der Waals surface area contributed by atoms with Gasteiger partial charge in [0.25, 0.3) is 5.91 Å². The summed E-state index contributed by atoms with van der Waals surface area (Å²) in [5.74, 6) is -0.335. The first-order chi connectivity index (χ1) is 6.26. The molecule has 0 rings (SSSR count). The molecule has 1 N–H and O–H groups in total. The monoisotopic (exact) mass is 176 g/mol. The predicted octanol–water partition coefficient (Wildman–Crippen LogP) is 1.57. The van der Waals surface area contributed by atoms with Crippen LogP contribution in [0.15, 0.2) is 54.2 Å². The van der Waals surface area contributed by atoms with Crippen LogP contribution in [0.2, 0.25) is 0 Å². The molecule has 0 spiro atoms. The molecule has 0 saturated carbocycles. The third kappa shape index (κ3) is 4.53. The van der Waals surface area contributed by atoms with Crippen LogP contribution < -0.4 is 5.43 Å². The first-order valence-corrected chi connectivity index (χ1v) is 3.64. The lowest BCUT2D eigenvalue weighted by Crippen LogP contribution is -2.17. The Morgan fingerprint density at radius 3 is 2.46 bits per heavy atom. The number of hydrazone groups is 1. The number of rotatable bonds is 5. The maximum Gasteiger partial charge on any atom is 0.271 e. The molecule has 0 aromatic carbocycles. The number of allylic oxidation sites excluding steroid dienone is 4. The van der Waals surface area contributed by atoms with Crippen LogP contribution in [0.5, 0.6) is 0 Å². The zero-order valence-electron chi connectivity index (χ0n) is 7.36. The smallest absolute Gasteiger partial charge is 0.267 e. The van der Waals surface area contributed by atoms with Crippen molar-refractivity contribution < 1.29 is 4.79 Å². The fraction of sp³-hybridized carbons (Fsp3) is 0. The lowest BCUT2D eigenvalue weighted by Gasteiger charge is -1.96. The van der Waals surface area contributed by atoms with Crippen molar-refractivity contribution in [2.45, 2.75) is 0 Å². The number of amides is 1. The molecule has 0 bridgehead atoms. The van der Waals surface area contributed by atoms with Gasteiger partial charge in [0, 0.05) is 12.3 Å². The van der Waals surface area contributed by atoms with Crippen molar-refractivity contribution in [2.75, 3.05) is 0 Å². The third-order valence-corrected chi connectivity index (χ3v) is 1.19. The minimum Gasteiger partial charge on any atom is -0.267 e. The largest absolute Gasteiger partial charge is 0.271 e. The van der Waals surface area contributed by atoms with Gasteiger partial charge in [0.1, 0.15) is 0 Å². The van der Waals surface area contributed by atoms with Crippen molar-refractivity contribution >= 4 is 12.6 Å². The second kappa shape index (κ2) is 6.79. The first kappa shape index (κ1) is 11.1. The zero-order chi connectivity index (χ0) is 10.1. The highest BCUT2D eigenvalue weighted by molar-refractivity contribution is 5.96. The van der Waals surface area contributed by atoms with Crippen molar-refractivity contribution in [1.29, 1.82) is 0 Å². The molecule has 1 amide bonds. The second-order valence-corrected chi connectivity index (χ2v) is 2.05. The van der Waals surface area contributed by atoms with Crippen LogP contribution in [-0.2, 0) is 4.79 Å². The van der Waals surface area contributed by atoms with Crippen LogP contribution in [-0.4, -0.2) is 12.6 Å². The molecule has 0 saturated heterocycles. The molecule has 0 aromatic rings. The molecular weight excluding hydrogens is 164 g/mol. The summed E-state index contributed by atoms with van der Waals surface area (Å²) in [6.07, 6.45) is 8.05. The summed E-state index contributed by atoms with van der Waals surface area (Å²) < 4.78 is 0. The lowest BCUT2D eigenvalue weighted by atomic mass is 10.2. The third-order valence-electron chi connectivity index (χ3n) is 1.19. The van der Waals surface area contributed by atoms with E-state index in [1.165, 1.54) is 6.08 Å². The first-order valence-electron chi connectivity index (χ1n) is 3.64. The van der Waals surface area contributed by atoms with Gasteiger partial charge in [-0.3, -0.25) is 4.79 Å². The highest BCUT2D eigenvalue weighted by Gasteiger charge is 2.01. The van der Waals surface area contributed by atoms with Gasteiger partial charge >= 0.3 is 0 Å². The molecule has 68 valence electrons. The second-order valence-electron chi connectivity index (χ2n) is 2.05.